The molecule has 5 nitrogen and oxygen atoms in total. The van der Waals surface area contributed by atoms with Gasteiger partial charge in [0.05, 0.1) is 0 Å². The first-order valence-corrected chi connectivity index (χ1v) is 2.14. The first-order valence-electron chi connectivity index (χ1n) is 2.14. The monoisotopic (exact) mass is 186 g/mol. The van der Waals surface area contributed by atoms with E-state index < -0.39 is 12.1 Å². The molecule has 11 heavy (non-hydrogen) atoms. The van der Waals surface area contributed by atoms with Crippen molar-refractivity contribution in [1.29, 1.82) is 0 Å². The Morgan fingerprint density at radius 1 is 1.36 bits per heavy atom. The van der Waals surface area contributed by atoms with Crippen LogP contribution in [0.15, 0.2) is 12.2 Å². The third kappa shape index (κ3) is 41.7. The van der Waals surface area contributed by atoms with Crippen molar-refractivity contribution < 1.29 is 24.9 Å². The molecule has 58 valence electrons. The largest absolute Gasteiger partial charge is 2.00 e. The Labute approximate surface area is 93.3 Å². The molecular formula is C5H6CaO5. The molecule has 0 unspecified atom stereocenters. The summed E-state index contributed by atoms with van der Waals surface area (Å²) in [5.74, 6) is -0.935. The summed E-state index contributed by atoms with van der Waals surface area (Å²) in [5, 5.41) is 24.6. The van der Waals surface area contributed by atoms with Crippen LogP contribution in [0.5, 0.6) is 0 Å². The average Bonchev–Trinajstić information content (AvgIpc) is 1.63. The van der Waals surface area contributed by atoms with E-state index in [0.717, 1.165) is 0 Å². The zero-order valence-electron chi connectivity index (χ0n) is 5.99. The van der Waals surface area contributed by atoms with E-state index in [1.807, 2.05) is 0 Å². The molecule has 0 rings (SSSR count). The Balaban J connectivity index is -0.000000114. The molecule has 0 spiro atoms. The Hall–Kier alpha value is -0.260. The zero-order chi connectivity index (χ0) is 8.73. The maximum atomic E-state index is 9.60. The maximum absolute atomic E-state index is 9.60. The molecule has 1 N–H and O–H groups in total. The van der Waals surface area contributed by atoms with Crippen molar-refractivity contribution in [2.45, 2.75) is 6.92 Å². The van der Waals surface area contributed by atoms with Crippen LogP contribution in [0, 0.1) is 0 Å². The standard InChI is InChI=1S/C4H6O2.CH2O3.Ca/c1-3(2)4(5)6;2-1(3)4;/h1H2,2H3,(H,5,6);(H2,2,3,4);/q;;+2/p-2. The summed E-state index contributed by atoms with van der Waals surface area (Å²) < 4.78 is 0. The van der Waals surface area contributed by atoms with Crippen LogP contribution in [-0.2, 0) is 4.79 Å². The summed E-state index contributed by atoms with van der Waals surface area (Å²) >= 11 is 0. The van der Waals surface area contributed by atoms with Gasteiger partial charge in [-0.15, -0.1) is 0 Å². The minimum absolute atomic E-state index is 0. The molecule has 0 aromatic carbocycles. The van der Waals surface area contributed by atoms with E-state index in [2.05, 4.69) is 6.58 Å². The number of hydrogen-bond donors (Lipinski definition) is 1. The fourth-order valence-electron chi connectivity index (χ4n) is 0. The third-order valence-corrected chi connectivity index (χ3v) is 0.365. The van der Waals surface area contributed by atoms with Crippen LogP contribution in [0.4, 0.5) is 4.79 Å². The predicted molar refractivity (Wildman–Crippen MR) is 33.6 cm³/mol. The molecule has 0 aromatic heterocycles. The van der Waals surface area contributed by atoms with Gasteiger partial charge in [-0.2, -0.15) is 0 Å². The van der Waals surface area contributed by atoms with E-state index >= 15 is 0 Å². The summed E-state index contributed by atoms with van der Waals surface area (Å²) in [6, 6.07) is 0. The third-order valence-electron chi connectivity index (χ3n) is 0.365. The molecule has 0 aliphatic rings. The summed E-state index contributed by atoms with van der Waals surface area (Å²) in [6.45, 7) is 4.60. The maximum Gasteiger partial charge on any atom is 2.00 e. The van der Waals surface area contributed by atoms with Gasteiger partial charge in [-0.05, 0) is 13.1 Å². The SMILES string of the molecule is C=C(C)C(=O)O.O=C([O-])[O-].[Ca+2]. The van der Waals surface area contributed by atoms with Gasteiger partial charge in [0.25, 0.3) is 0 Å². The number of carboxylic acid groups (broad SMARTS) is 3. The smallest absolute Gasteiger partial charge is 0.652 e. The van der Waals surface area contributed by atoms with Crippen LogP contribution >= 0.6 is 0 Å². The number of aliphatic carboxylic acids is 1. The van der Waals surface area contributed by atoms with Crippen LogP contribution in [-0.4, -0.2) is 55.0 Å². The number of rotatable bonds is 1. The average molecular weight is 186 g/mol. The van der Waals surface area contributed by atoms with Gasteiger partial charge >= 0.3 is 43.7 Å². The van der Waals surface area contributed by atoms with Gasteiger partial charge in [-0.3, -0.25) is 0 Å². The van der Waals surface area contributed by atoms with Crippen molar-refractivity contribution >= 4 is 49.9 Å². The van der Waals surface area contributed by atoms with Gasteiger partial charge in [0, 0.05) is 5.57 Å². The summed E-state index contributed by atoms with van der Waals surface area (Å²) in [5.41, 5.74) is 0.176. The number of carbonyl (C=O) groups excluding carboxylic acids is 1. The van der Waals surface area contributed by atoms with Crippen LogP contribution in [0.25, 0.3) is 0 Å². The van der Waals surface area contributed by atoms with E-state index in [0.29, 0.717) is 0 Å². The zero-order valence-corrected chi connectivity index (χ0v) is 8.20. The van der Waals surface area contributed by atoms with Crippen molar-refractivity contribution in [1.82, 2.24) is 0 Å². The second kappa shape index (κ2) is 9.74. The van der Waals surface area contributed by atoms with Crippen molar-refractivity contribution in [3.8, 4) is 0 Å². The Bertz CT molecular complexity index is 137. The first kappa shape index (κ1) is 17.0. The predicted octanol–water partition coefficient (Wildman–Crippen LogP) is -2.18. The minimum Gasteiger partial charge on any atom is -0.652 e. The van der Waals surface area contributed by atoms with Crippen LogP contribution in [0.2, 0.25) is 0 Å². The number of carbonyl (C=O) groups is 2. The molecule has 0 amide bonds. The molecule has 0 aliphatic heterocycles. The summed E-state index contributed by atoms with van der Waals surface area (Å²) in [6.07, 6.45) is -2.33. The second-order valence-electron chi connectivity index (χ2n) is 1.34. The van der Waals surface area contributed by atoms with Gasteiger partial charge < -0.3 is 20.1 Å². The van der Waals surface area contributed by atoms with Crippen molar-refractivity contribution in [3.05, 3.63) is 12.2 Å². The van der Waals surface area contributed by atoms with E-state index in [4.69, 9.17) is 20.1 Å². The van der Waals surface area contributed by atoms with Gasteiger partial charge in [0.2, 0.25) is 0 Å². The topological polar surface area (TPSA) is 100 Å². The van der Waals surface area contributed by atoms with E-state index in [9.17, 15) is 4.79 Å². The molecule has 0 aromatic rings. The number of carboxylic acids is 1. The second-order valence-corrected chi connectivity index (χ2v) is 1.34. The normalized spacial score (nSPS) is 6.27. The van der Waals surface area contributed by atoms with E-state index in [1.54, 1.807) is 0 Å². The Morgan fingerprint density at radius 2 is 1.45 bits per heavy atom. The van der Waals surface area contributed by atoms with Crippen molar-refractivity contribution in [2.75, 3.05) is 0 Å². The molecular weight excluding hydrogens is 180 g/mol. The van der Waals surface area contributed by atoms with Gasteiger partial charge in [-0.1, -0.05) is 6.58 Å². The van der Waals surface area contributed by atoms with Gasteiger partial charge in [0.15, 0.2) is 0 Å². The molecule has 0 aliphatic carbocycles. The Morgan fingerprint density at radius 3 is 1.45 bits per heavy atom. The van der Waals surface area contributed by atoms with Crippen molar-refractivity contribution in [3.63, 3.8) is 0 Å². The molecule has 0 bridgehead atoms. The summed E-state index contributed by atoms with van der Waals surface area (Å²) in [7, 11) is 0. The Kier molecular flexibility index (Phi) is 15.1. The minimum atomic E-state index is -2.33. The van der Waals surface area contributed by atoms with E-state index in [1.165, 1.54) is 6.92 Å². The van der Waals surface area contributed by atoms with Gasteiger partial charge in [-0.25, -0.2) is 4.79 Å². The molecule has 6 heteroatoms. The fraction of sp³-hybridized carbons (Fsp3) is 0.200. The first-order chi connectivity index (χ1) is 4.37. The van der Waals surface area contributed by atoms with Crippen molar-refractivity contribution in [2.24, 2.45) is 0 Å². The quantitative estimate of drug-likeness (QED) is 0.370. The van der Waals surface area contributed by atoms with Crippen LogP contribution in [0.3, 0.4) is 0 Å². The van der Waals surface area contributed by atoms with Crippen LogP contribution in [0.1, 0.15) is 6.92 Å². The number of hydrogen-bond acceptors (Lipinski definition) is 4. The summed E-state index contributed by atoms with van der Waals surface area (Å²) in [4.78, 5) is 17.9. The molecule has 0 heterocycles. The molecule has 0 saturated heterocycles. The molecule has 0 saturated carbocycles. The molecule has 0 atom stereocenters. The van der Waals surface area contributed by atoms with Gasteiger partial charge in [0.1, 0.15) is 0 Å². The van der Waals surface area contributed by atoms with E-state index in [-0.39, 0.29) is 43.3 Å². The molecule has 0 fully saturated rings. The molecule has 0 radical (unpaired) electrons. The van der Waals surface area contributed by atoms with Crippen LogP contribution < -0.4 is 10.2 Å². The fourth-order valence-corrected chi connectivity index (χ4v) is 0.